The number of anilines is 1. The summed E-state index contributed by atoms with van der Waals surface area (Å²) in [6.07, 6.45) is 1.51. The van der Waals surface area contributed by atoms with Crippen molar-refractivity contribution in [1.82, 2.24) is 15.4 Å². The van der Waals surface area contributed by atoms with E-state index in [0.717, 1.165) is 11.3 Å². The number of rotatable bonds is 9. The Balaban J connectivity index is 1.40. The fraction of sp³-hybridized carbons (Fsp3) is 0.150. The zero-order valence-corrected chi connectivity index (χ0v) is 15.3. The lowest BCUT2D eigenvalue weighted by Gasteiger charge is -2.10. The van der Waals surface area contributed by atoms with Crippen LogP contribution < -0.4 is 25.1 Å². The molecule has 28 heavy (non-hydrogen) atoms. The SMILES string of the molecule is COc1ccnc(NNC(=O)COc2ccc(OCc3ccccc3)cc2)n1. The number of ether oxygens (including phenoxy) is 3. The Morgan fingerprint density at radius 3 is 2.39 bits per heavy atom. The number of hydrogen-bond donors (Lipinski definition) is 2. The molecule has 0 unspecified atom stereocenters. The van der Waals surface area contributed by atoms with Crippen molar-refractivity contribution in [2.24, 2.45) is 0 Å². The number of hydrazine groups is 1. The van der Waals surface area contributed by atoms with Crippen LogP contribution in [0.2, 0.25) is 0 Å². The van der Waals surface area contributed by atoms with Gasteiger partial charge in [-0.15, -0.1) is 0 Å². The molecular formula is C20H20N4O4. The minimum atomic E-state index is -0.379. The number of nitrogens with one attached hydrogen (secondary N) is 2. The second-order valence-electron chi connectivity index (χ2n) is 5.63. The Kier molecular flexibility index (Phi) is 6.62. The second-order valence-corrected chi connectivity index (χ2v) is 5.63. The third kappa shape index (κ3) is 5.87. The van der Waals surface area contributed by atoms with Crippen molar-refractivity contribution >= 4 is 11.9 Å². The molecule has 0 spiro atoms. The number of methoxy groups -OCH3 is 1. The van der Waals surface area contributed by atoms with Crippen LogP contribution in [0.1, 0.15) is 5.56 Å². The summed E-state index contributed by atoms with van der Waals surface area (Å²) >= 11 is 0. The largest absolute Gasteiger partial charge is 0.489 e. The van der Waals surface area contributed by atoms with E-state index in [1.807, 2.05) is 30.3 Å². The number of hydrogen-bond acceptors (Lipinski definition) is 7. The van der Waals surface area contributed by atoms with Crippen LogP contribution in [0.25, 0.3) is 0 Å². The van der Waals surface area contributed by atoms with E-state index >= 15 is 0 Å². The molecule has 0 fully saturated rings. The highest BCUT2D eigenvalue weighted by atomic mass is 16.5. The second kappa shape index (κ2) is 9.77. The first-order valence-electron chi connectivity index (χ1n) is 8.54. The molecule has 0 radical (unpaired) electrons. The van der Waals surface area contributed by atoms with Crippen LogP contribution in [0, 0.1) is 0 Å². The standard InChI is InChI=1S/C20H20N4O4/c1-26-19-11-12-21-20(22-19)24-23-18(25)14-28-17-9-7-16(8-10-17)27-13-15-5-3-2-4-6-15/h2-12H,13-14H2,1H3,(H,23,25)(H,21,22,24). The Bertz CT molecular complexity index is 888. The van der Waals surface area contributed by atoms with Gasteiger partial charge in [0, 0.05) is 12.3 Å². The fourth-order valence-electron chi connectivity index (χ4n) is 2.20. The van der Waals surface area contributed by atoms with Crippen LogP contribution in [0.3, 0.4) is 0 Å². The molecule has 2 aromatic carbocycles. The molecule has 3 rings (SSSR count). The molecule has 0 aliphatic heterocycles. The average molecular weight is 380 g/mol. The molecule has 1 heterocycles. The minimum Gasteiger partial charge on any atom is -0.489 e. The van der Waals surface area contributed by atoms with E-state index in [4.69, 9.17) is 14.2 Å². The summed E-state index contributed by atoms with van der Waals surface area (Å²) in [6.45, 7) is 0.322. The molecule has 2 N–H and O–H groups in total. The first-order valence-corrected chi connectivity index (χ1v) is 8.54. The third-order valence-electron chi connectivity index (χ3n) is 3.59. The zero-order valence-electron chi connectivity index (χ0n) is 15.3. The topological polar surface area (TPSA) is 94.6 Å². The Morgan fingerprint density at radius 2 is 1.68 bits per heavy atom. The normalized spacial score (nSPS) is 10.0. The van der Waals surface area contributed by atoms with E-state index < -0.39 is 0 Å². The molecule has 8 nitrogen and oxygen atoms in total. The first-order chi connectivity index (χ1) is 13.7. The lowest BCUT2D eigenvalue weighted by atomic mass is 10.2. The Morgan fingerprint density at radius 1 is 0.964 bits per heavy atom. The van der Waals surface area contributed by atoms with E-state index in [1.165, 1.54) is 13.3 Å². The molecule has 0 atom stereocenters. The molecule has 8 heteroatoms. The van der Waals surface area contributed by atoms with E-state index in [-0.39, 0.29) is 18.5 Å². The van der Waals surface area contributed by atoms with Crippen LogP contribution in [-0.2, 0) is 11.4 Å². The quantitative estimate of drug-likeness (QED) is 0.551. The fourth-order valence-corrected chi connectivity index (χ4v) is 2.20. The van der Waals surface area contributed by atoms with Crippen LogP contribution in [-0.4, -0.2) is 29.6 Å². The average Bonchev–Trinajstić information content (AvgIpc) is 2.76. The maximum Gasteiger partial charge on any atom is 0.276 e. The van der Waals surface area contributed by atoms with Crippen LogP contribution in [0.15, 0.2) is 66.9 Å². The first kappa shape index (κ1) is 19.0. The summed E-state index contributed by atoms with van der Waals surface area (Å²) in [5, 5.41) is 0. The molecule has 0 bridgehead atoms. The van der Waals surface area contributed by atoms with Gasteiger partial charge in [0.2, 0.25) is 11.8 Å². The van der Waals surface area contributed by atoms with Crippen LogP contribution >= 0.6 is 0 Å². The summed E-state index contributed by atoms with van der Waals surface area (Å²) in [5.74, 6) is 1.50. The van der Waals surface area contributed by atoms with E-state index in [1.54, 1.807) is 30.3 Å². The van der Waals surface area contributed by atoms with E-state index in [9.17, 15) is 4.79 Å². The van der Waals surface area contributed by atoms with Crippen molar-refractivity contribution in [3.63, 3.8) is 0 Å². The number of carbonyl (C=O) groups excluding carboxylic acids is 1. The van der Waals surface area contributed by atoms with Gasteiger partial charge >= 0.3 is 0 Å². The predicted molar refractivity (Wildman–Crippen MR) is 103 cm³/mol. The molecule has 0 saturated carbocycles. The van der Waals surface area contributed by atoms with Gasteiger partial charge in [-0.25, -0.2) is 4.98 Å². The van der Waals surface area contributed by atoms with Crippen molar-refractivity contribution in [2.75, 3.05) is 19.1 Å². The van der Waals surface area contributed by atoms with Gasteiger partial charge in [0.25, 0.3) is 5.91 Å². The van der Waals surface area contributed by atoms with Gasteiger partial charge in [-0.2, -0.15) is 4.98 Å². The number of amides is 1. The number of aromatic nitrogens is 2. The highest BCUT2D eigenvalue weighted by molar-refractivity contribution is 5.78. The smallest absolute Gasteiger partial charge is 0.276 e. The molecule has 144 valence electrons. The highest BCUT2D eigenvalue weighted by Gasteiger charge is 2.05. The lowest BCUT2D eigenvalue weighted by molar-refractivity contribution is -0.122. The lowest BCUT2D eigenvalue weighted by Crippen LogP contribution is -2.34. The molecule has 0 aliphatic rings. The maximum atomic E-state index is 11.9. The van der Waals surface area contributed by atoms with Gasteiger partial charge in [0.15, 0.2) is 6.61 Å². The van der Waals surface area contributed by atoms with Gasteiger partial charge in [-0.1, -0.05) is 30.3 Å². The number of benzene rings is 2. The Hall–Kier alpha value is -3.81. The van der Waals surface area contributed by atoms with Gasteiger partial charge in [-0.05, 0) is 29.8 Å². The summed E-state index contributed by atoms with van der Waals surface area (Å²) in [4.78, 5) is 19.8. The number of nitrogens with zero attached hydrogens (tertiary/aromatic N) is 2. The molecular weight excluding hydrogens is 360 g/mol. The maximum absolute atomic E-state index is 11.9. The van der Waals surface area contributed by atoms with Gasteiger partial charge in [0.1, 0.15) is 18.1 Å². The summed E-state index contributed by atoms with van der Waals surface area (Å²) in [5.41, 5.74) is 6.14. The van der Waals surface area contributed by atoms with Gasteiger partial charge in [0.05, 0.1) is 7.11 Å². The van der Waals surface area contributed by atoms with Crippen molar-refractivity contribution in [3.8, 4) is 17.4 Å². The Labute approximate surface area is 162 Å². The minimum absolute atomic E-state index is 0.165. The third-order valence-corrected chi connectivity index (χ3v) is 3.59. The van der Waals surface area contributed by atoms with Crippen molar-refractivity contribution in [2.45, 2.75) is 6.61 Å². The highest BCUT2D eigenvalue weighted by Crippen LogP contribution is 2.18. The van der Waals surface area contributed by atoms with Crippen molar-refractivity contribution in [1.29, 1.82) is 0 Å². The predicted octanol–water partition coefficient (Wildman–Crippen LogP) is 2.59. The van der Waals surface area contributed by atoms with Crippen molar-refractivity contribution in [3.05, 3.63) is 72.4 Å². The van der Waals surface area contributed by atoms with Gasteiger partial charge in [-0.3, -0.25) is 15.6 Å². The molecule has 3 aromatic rings. The molecule has 0 saturated heterocycles. The molecule has 1 aromatic heterocycles. The zero-order chi connectivity index (χ0) is 19.6. The van der Waals surface area contributed by atoms with Crippen LogP contribution in [0.5, 0.6) is 17.4 Å². The van der Waals surface area contributed by atoms with E-state index in [2.05, 4.69) is 20.8 Å². The summed E-state index contributed by atoms with van der Waals surface area (Å²) in [7, 11) is 1.50. The molecule has 0 aliphatic carbocycles. The van der Waals surface area contributed by atoms with Gasteiger partial charge < -0.3 is 14.2 Å². The molecule has 1 amide bonds. The van der Waals surface area contributed by atoms with Crippen molar-refractivity contribution < 1.29 is 19.0 Å². The summed E-state index contributed by atoms with van der Waals surface area (Å²) in [6, 6.07) is 18.6. The number of carbonyl (C=O) groups is 1. The summed E-state index contributed by atoms with van der Waals surface area (Å²) < 4.78 is 16.1. The van der Waals surface area contributed by atoms with Crippen LogP contribution in [0.4, 0.5) is 5.95 Å². The monoisotopic (exact) mass is 380 g/mol. The van der Waals surface area contributed by atoms with E-state index in [0.29, 0.717) is 18.2 Å².